The van der Waals surface area contributed by atoms with Gasteiger partial charge in [0.1, 0.15) is 12.4 Å². The first kappa shape index (κ1) is 17.4. The van der Waals surface area contributed by atoms with Crippen molar-refractivity contribution >= 4 is 5.91 Å². The summed E-state index contributed by atoms with van der Waals surface area (Å²) in [5, 5.41) is 2.97. The summed E-state index contributed by atoms with van der Waals surface area (Å²) in [4.78, 5) is 16.6. The quantitative estimate of drug-likeness (QED) is 0.821. The molecule has 0 radical (unpaired) electrons. The maximum Gasteiger partial charge on any atom is 0.226 e. The second-order valence-electron chi connectivity index (χ2n) is 6.28. The number of amides is 1. The summed E-state index contributed by atoms with van der Waals surface area (Å²) >= 11 is 0. The molecule has 5 nitrogen and oxygen atoms in total. The van der Waals surface area contributed by atoms with Gasteiger partial charge in [0.2, 0.25) is 5.91 Å². The van der Waals surface area contributed by atoms with E-state index in [-0.39, 0.29) is 17.9 Å². The Bertz CT molecular complexity index is 673. The maximum absolute atomic E-state index is 12.6. The molecule has 1 aliphatic heterocycles. The molecule has 1 saturated heterocycles. The molecule has 1 aromatic heterocycles. The molecule has 1 aliphatic rings. The molecule has 2 atom stereocenters. The number of nitrogens with one attached hydrogen (secondary N) is 1. The summed E-state index contributed by atoms with van der Waals surface area (Å²) in [5.74, 6) is 0.574. The predicted octanol–water partition coefficient (Wildman–Crippen LogP) is 3.05. The van der Waals surface area contributed by atoms with Crippen LogP contribution >= 0.6 is 0 Å². The molecule has 0 spiro atoms. The van der Waals surface area contributed by atoms with Gasteiger partial charge in [0.25, 0.3) is 0 Å². The van der Waals surface area contributed by atoms with Crippen molar-refractivity contribution in [3.8, 4) is 5.75 Å². The summed E-state index contributed by atoms with van der Waals surface area (Å²) in [5.41, 5.74) is 2.27. The topological polar surface area (TPSA) is 60.5 Å². The molecule has 0 bridgehead atoms. The minimum absolute atomic E-state index is 0.0278. The van der Waals surface area contributed by atoms with E-state index in [0.717, 1.165) is 18.4 Å². The monoisotopic (exact) mass is 340 g/mol. The molecule has 0 aliphatic carbocycles. The molecule has 1 amide bonds. The first-order chi connectivity index (χ1) is 12.2. The van der Waals surface area contributed by atoms with Crippen molar-refractivity contribution in [3.05, 3.63) is 59.9 Å². The van der Waals surface area contributed by atoms with Gasteiger partial charge in [-0.2, -0.15) is 0 Å². The molecule has 2 heterocycles. The second-order valence-corrected chi connectivity index (χ2v) is 6.28. The summed E-state index contributed by atoms with van der Waals surface area (Å²) in [6, 6.07) is 11.9. The van der Waals surface area contributed by atoms with Gasteiger partial charge in [0, 0.05) is 12.8 Å². The number of nitrogens with zero attached hydrogens (tertiary/aromatic N) is 1. The van der Waals surface area contributed by atoms with E-state index in [2.05, 4.69) is 41.5 Å². The van der Waals surface area contributed by atoms with E-state index in [9.17, 15) is 4.79 Å². The van der Waals surface area contributed by atoms with Crippen LogP contribution in [0.3, 0.4) is 0 Å². The fourth-order valence-corrected chi connectivity index (χ4v) is 3.04. The molecule has 0 saturated carbocycles. The lowest BCUT2D eigenvalue weighted by Gasteiger charge is -2.31. The Kier molecular flexibility index (Phi) is 6.01. The summed E-state index contributed by atoms with van der Waals surface area (Å²) in [6.07, 6.45) is 4.93. The van der Waals surface area contributed by atoms with E-state index < -0.39 is 0 Å². The van der Waals surface area contributed by atoms with Crippen molar-refractivity contribution in [2.75, 3.05) is 19.8 Å². The molecule has 5 heteroatoms. The first-order valence-electron chi connectivity index (χ1n) is 8.73. The summed E-state index contributed by atoms with van der Waals surface area (Å²) in [6.45, 7) is 3.63. The number of carbonyl (C=O) groups excluding carboxylic acids is 1. The van der Waals surface area contributed by atoms with Gasteiger partial charge >= 0.3 is 0 Å². The zero-order chi connectivity index (χ0) is 17.5. The Hall–Kier alpha value is -2.40. The van der Waals surface area contributed by atoms with Crippen LogP contribution in [-0.2, 0) is 9.53 Å². The average molecular weight is 340 g/mol. The molecule has 2 unspecified atom stereocenters. The van der Waals surface area contributed by atoms with Crippen LogP contribution in [0.15, 0.2) is 48.8 Å². The Morgan fingerprint density at radius 2 is 2.16 bits per heavy atom. The molecule has 25 heavy (non-hydrogen) atoms. The second kappa shape index (κ2) is 8.62. The van der Waals surface area contributed by atoms with Crippen molar-refractivity contribution < 1.29 is 14.3 Å². The van der Waals surface area contributed by atoms with Crippen LogP contribution in [0.2, 0.25) is 0 Å². The van der Waals surface area contributed by atoms with Gasteiger partial charge in [0.05, 0.1) is 24.8 Å². The molecular formula is C20H24N2O3. The van der Waals surface area contributed by atoms with Crippen LogP contribution in [-0.4, -0.2) is 30.6 Å². The number of benzene rings is 1. The smallest absolute Gasteiger partial charge is 0.226 e. The van der Waals surface area contributed by atoms with Gasteiger partial charge < -0.3 is 14.8 Å². The van der Waals surface area contributed by atoms with Crippen LogP contribution in [0.1, 0.15) is 30.1 Å². The van der Waals surface area contributed by atoms with Gasteiger partial charge in [-0.05, 0) is 37.5 Å². The number of pyridine rings is 1. The number of rotatable bonds is 6. The minimum Gasteiger partial charge on any atom is -0.490 e. The number of ether oxygens (including phenoxy) is 2. The lowest BCUT2D eigenvalue weighted by Crippen LogP contribution is -2.39. The van der Waals surface area contributed by atoms with Crippen LogP contribution in [0.5, 0.6) is 5.75 Å². The van der Waals surface area contributed by atoms with Gasteiger partial charge in [-0.1, -0.05) is 29.8 Å². The first-order valence-corrected chi connectivity index (χ1v) is 8.73. The molecule has 1 aromatic carbocycles. The molecule has 3 rings (SSSR count). The van der Waals surface area contributed by atoms with Crippen LogP contribution in [0.4, 0.5) is 0 Å². The maximum atomic E-state index is 12.6. The highest BCUT2D eigenvalue weighted by Gasteiger charge is 2.32. The number of aromatic nitrogens is 1. The zero-order valence-electron chi connectivity index (χ0n) is 14.5. The van der Waals surface area contributed by atoms with Gasteiger partial charge in [0.15, 0.2) is 0 Å². The fourth-order valence-electron chi connectivity index (χ4n) is 3.04. The molecule has 1 fully saturated rings. The summed E-state index contributed by atoms with van der Waals surface area (Å²) in [7, 11) is 0. The van der Waals surface area contributed by atoms with E-state index in [0.29, 0.717) is 25.5 Å². The number of aryl methyl sites for hydroxylation is 1. The van der Waals surface area contributed by atoms with Crippen molar-refractivity contribution in [1.29, 1.82) is 0 Å². The summed E-state index contributed by atoms with van der Waals surface area (Å²) < 4.78 is 11.5. The van der Waals surface area contributed by atoms with E-state index in [1.54, 1.807) is 12.4 Å². The van der Waals surface area contributed by atoms with Crippen molar-refractivity contribution in [1.82, 2.24) is 10.3 Å². The highest BCUT2D eigenvalue weighted by molar-refractivity contribution is 5.79. The van der Waals surface area contributed by atoms with Gasteiger partial charge in [-0.3, -0.25) is 9.78 Å². The van der Waals surface area contributed by atoms with Crippen LogP contribution in [0.25, 0.3) is 0 Å². The fraction of sp³-hybridized carbons (Fsp3) is 0.400. The number of carbonyl (C=O) groups is 1. The third-order valence-corrected chi connectivity index (χ3v) is 4.37. The number of hydrogen-bond acceptors (Lipinski definition) is 4. The SMILES string of the molecule is Cc1ccc(C2OCCCC2C(=O)NCCOc2cccnc2)cc1. The minimum atomic E-state index is -0.173. The Labute approximate surface area is 148 Å². The van der Waals surface area contributed by atoms with E-state index in [1.807, 2.05) is 12.1 Å². The third kappa shape index (κ3) is 4.79. The lowest BCUT2D eigenvalue weighted by molar-refractivity contribution is -0.134. The largest absolute Gasteiger partial charge is 0.490 e. The molecular weight excluding hydrogens is 316 g/mol. The van der Waals surface area contributed by atoms with Crippen molar-refractivity contribution in [2.24, 2.45) is 5.92 Å². The van der Waals surface area contributed by atoms with Crippen molar-refractivity contribution in [2.45, 2.75) is 25.9 Å². The highest BCUT2D eigenvalue weighted by atomic mass is 16.5. The Balaban J connectivity index is 1.53. The van der Waals surface area contributed by atoms with Crippen molar-refractivity contribution in [3.63, 3.8) is 0 Å². The van der Waals surface area contributed by atoms with E-state index in [1.165, 1.54) is 5.56 Å². The molecule has 132 valence electrons. The average Bonchev–Trinajstić information content (AvgIpc) is 2.66. The lowest BCUT2D eigenvalue weighted by atomic mass is 9.88. The number of hydrogen-bond donors (Lipinski definition) is 1. The predicted molar refractivity (Wildman–Crippen MR) is 95.3 cm³/mol. The third-order valence-electron chi connectivity index (χ3n) is 4.37. The normalized spacial score (nSPS) is 20.0. The van der Waals surface area contributed by atoms with E-state index >= 15 is 0 Å². The van der Waals surface area contributed by atoms with Gasteiger partial charge in [-0.25, -0.2) is 0 Å². The van der Waals surface area contributed by atoms with Gasteiger partial charge in [-0.15, -0.1) is 0 Å². The molecule has 2 aromatic rings. The van der Waals surface area contributed by atoms with Crippen LogP contribution < -0.4 is 10.1 Å². The Morgan fingerprint density at radius 3 is 2.92 bits per heavy atom. The van der Waals surface area contributed by atoms with E-state index in [4.69, 9.17) is 9.47 Å². The zero-order valence-corrected chi connectivity index (χ0v) is 14.5. The standard InChI is InChI=1S/C20H24N2O3/c1-15-6-8-16(9-7-15)19-18(5-3-12-25-19)20(23)22-11-13-24-17-4-2-10-21-14-17/h2,4,6-10,14,18-19H,3,5,11-13H2,1H3,(H,22,23). The van der Waals surface area contributed by atoms with Crippen LogP contribution in [0, 0.1) is 12.8 Å². The molecule has 1 N–H and O–H groups in total. The highest BCUT2D eigenvalue weighted by Crippen LogP contribution is 2.33. The Morgan fingerprint density at radius 1 is 1.32 bits per heavy atom.